The van der Waals surface area contributed by atoms with Gasteiger partial charge >= 0.3 is 5.97 Å². The molecule has 0 saturated carbocycles. The number of ether oxygens (including phenoxy) is 1. The zero-order valence-corrected chi connectivity index (χ0v) is 14.9. The smallest absolute Gasteiger partial charge is 0.306 e. The number of unbranched alkanes of at least 4 members (excludes halogenated alkanes) is 2. The van der Waals surface area contributed by atoms with Crippen LogP contribution in [0.25, 0.3) is 0 Å². The summed E-state index contributed by atoms with van der Waals surface area (Å²) in [5.41, 5.74) is -0.397. The highest BCUT2D eigenvalue weighted by atomic mass is 32.1. The van der Waals surface area contributed by atoms with Gasteiger partial charge in [-0.25, -0.2) is 4.98 Å². The maximum Gasteiger partial charge on any atom is 0.306 e. The van der Waals surface area contributed by atoms with Gasteiger partial charge in [0.15, 0.2) is 6.29 Å². The number of nitrogens with zero attached hydrogens (tertiary/aromatic N) is 1. The van der Waals surface area contributed by atoms with Crippen LogP contribution in [0, 0.1) is 0 Å². The Bertz CT molecular complexity index is 476. The molecular weight excluding hydrogens is 298 g/mol. The van der Waals surface area contributed by atoms with Crippen molar-refractivity contribution in [1.82, 2.24) is 4.98 Å². The third-order valence-electron chi connectivity index (χ3n) is 3.35. The zero-order valence-electron chi connectivity index (χ0n) is 14.1. The molecule has 0 bridgehead atoms. The van der Waals surface area contributed by atoms with Crippen LogP contribution in [0.5, 0.6) is 0 Å². The van der Waals surface area contributed by atoms with Crippen LogP contribution >= 0.6 is 11.3 Å². The van der Waals surface area contributed by atoms with Crippen LogP contribution in [0.4, 0.5) is 0 Å². The summed E-state index contributed by atoms with van der Waals surface area (Å²) >= 11 is 1.49. The molecule has 0 saturated heterocycles. The molecule has 4 nitrogen and oxygen atoms in total. The van der Waals surface area contributed by atoms with E-state index >= 15 is 0 Å². The molecule has 0 N–H and O–H groups in total. The van der Waals surface area contributed by atoms with Crippen molar-refractivity contribution in [2.75, 3.05) is 0 Å². The van der Waals surface area contributed by atoms with Crippen molar-refractivity contribution < 1.29 is 14.3 Å². The van der Waals surface area contributed by atoms with E-state index in [9.17, 15) is 9.59 Å². The highest BCUT2D eigenvalue weighted by Gasteiger charge is 2.16. The molecular formula is C17H27NO3S. The summed E-state index contributed by atoms with van der Waals surface area (Å²) in [6.45, 7) is 7.81. The molecule has 1 aromatic rings. The maximum absolute atomic E-state index is 11.6. The molecule has 0 fully saturated rings. The molecule has 0 radical (unpaired) electrons. The summed E-state index contributed by atoms with van der Waals surface area (Å²) < 4.78 is 5.29. The Morgan fingerprint density at radius 1 is 1.36 bits per heavy atom. The molecule has 0 amide bonds. The van der Waals surface area contributed by atoms with E-state index < -0.39 is 5.60 Å². The summed E-state index contributed by atoms with van der Waals surface area (Å²) in [5.74, 6) is 0.301. The van der Waals surface area contributed by atoms with E-state index in [1.165, 1.54) is 11.3 Å². The Balaban J connectivity index is 2.25. The molecule has 1 unspecified atom stereocenters. The van der Waals surface area contributed by atoms with Gasteiger partial charge in [-0.1, -0.05) is 19.8 Å². The molecule has 1 aromatic heterocycles. The van der Waals surface area contributed by atoms with Crippen molar-refractivity contribution in [2.45, 2.75) is 77.7 Å². The monoisotopic (exact) mass is 325 g/mol. The van der Waals surface area contributed by atoms with E-state index in [0.717, 1.165) is 43.4 Å². The fraction of sp³-hybridized carbons (Fsp3) is 0.706. The van der Waals surface area contributed by atoms with Crippen LogP contribution in [0.2, 0.25) is 0 Å². The largest absolute Gasteiger partial charge is 0.460 e. The van der Waals surface area contributed by atoms with Crippen molar-refractivity contribution in [2.24, 2.45) is 0 Å². The van der Waals surface area contributed by atoms with Gasteiger partial charge in [0, 0.05) is 18.5 Å². The van der Waals surface area contributed by atoms with Gasteiger partial charge in [-0.15, -0.1) is 11.3 Å². The van der Waals surface area contributed by atoms with Crippen molar-refractivity contribution in [3.63, 3.8) is 0 Å². The van der Waals surface area contributed by atoms with E-state index in [1.54, 1.807) is 6.20 Å². The number of esters is 1. The third kappa shape index (κ3) is 7.16. The van der Waals surface area contributed by atoms with Crippen LogP contribution in [0.1, 0.15) is 86.8 Å². The van der Waals surface area contributed by atoms with Crippen LogP contribution in [-0.4, -0.2) is 22.8 Å². The standard InChI is InChI=1S/C17H27NO3S/c1-5-13(16-18-11-14(12-19)22-16)9-7-6-8-10-15(20)21-17(2,3)4/h11-13H,5-10H2,1-4H3. The van der Waals surface area contributed by atoms with Gasteiger partial charge in [0.2, 0.25) is 0 Å². The third-order valence-corrected chi connectivity index (χ3v) is 4.44. The Morgan fingerprint density at radius 2 is 2.09 bits per heavy atom. The second-order valence-corrected chi connectivity index (χ2v) is 7.60. The summed E-state index contributed by atoms with van der Waals surface area (Å²) in [6, 6.07) is 0. The van der Waals surface area contributed by atoms with Crippen LogP contribution in [0.3, 0.4) is 0 Å². The minimum Gasteiger partial charge on any atom is -0.460 e. The lowest BCUT2D eigenvalue weighted by atomic mass is 9.99. The molecule has 0 aliphatic rings. The predicted octanol–water partition coefficient (Wildman–Crippen LogP) is 4.74. The van der Waals surface area contributed by atoms with Gasteiger partial charge in [-0.05, 0) is 40.0 Å². The van der Waals surface area contributed by atoms with Gasteiger partial charge in [0.05, 0.1) is 9.88 Å². The second kappa shape index (κ2) is 9.03. The van der Waals surface area contributed by atoms with Crippen molar-refractivity contribution in [3.05, 3.63) is 16.1 Å². The van der Waals surface area contributed by atoms with E-state index in [4.69, 9.17) is 4.74 Å². The van der Waals surface area contributed by atoms with Gasteiger partial charge in [0.1, 0.15) is 5.60 Å². The number of rotatable bonds is 9. The molecule has 0 aliphatic heterocycles. The van der Waals surface area contributed by atoms with Gasteiger partial charge < -0.3 is 4.74 Å². The summed E-state index contributed by atoms with van der Waals surface area (Å²) in [6.07, 6.45) is 8.02. The van der Waals surface area contributed by atoms with Gasteiger partial charge in [-0.2, -0.15) is 0 Å². The fourth-order valence-corrected chi connectivity index (χ4v) is 3.23. The molecule has 5 heteroatoms. The average molecular weight is 325 g/mol. The first-order valence-electron chi connectivity index (χ1n) is 7.98. The SMILES string of the molecule is CCC(CCCCCC(=O)OC(C)(C)C)c1ncc(C=O)s1. The first-order chi connectivity index (χ1) is 10.4. The normalized spacial score (nSPS) is 12.9. The Morgan fingerprint density at radius 3 is 2.64 bits per heavy atom. The molecule has 0 aromatic carbocycles. The first kappa shape index (κ1) is 18.8. The first-order valence-corrected chi connectivity index (χ1v) is 8.80. The van der Waals surface area contributed by atoms with Crippen molar-refractivity contribution in [3.8, 4) is 0 Å². The van der Waals surface area contributed by atoms with Gasteiger partial charge in [0.25, 0.3) is 0 Å². The van der Waals surface area contributed by atoms with Crippen molar-refractivity contribution >= 4 is 23.6 Å². The summed E-state index contributed by atoms with van der Waals surface area (Å²) in [4.78, 5) is 27.4. The van der Waals surface area contributed by atoms with Crippen LogP contribution in [-0.2, 0) is 9.53 Å². The molecule has 1 atom stereocenters. The highest BCUT2D eigenvalue weighted by Crippen LogP contribution is 2.29. The number of aromatic nitrogens is 1. The van der Waals surface area contributed by atoms with Crippen LogP contribution < -0.4 is 0 Å². The molecule has 124 valence electrons. The van der Waals surface area contributed by atoms with E-state index in [1.807, 2.05) is 20.8 Å². The van der Waals surface area contributed by atoms with E-state index in [-0.39, 0.29) is 5.97 Å². The minimum atomic E-state index is -0.397. The van der Waals surface area contributed by atoms with E-state index in [2.05, 4.69) is 11.9 Å². The lowest BCUT2D eigenvalue weighted by Crippen LogP contribution is -2.23. The maximum atomic E-state index is 11.6. The molecule has 0 aliphatic carbocycles. The lowest BCUT2D eigenvalue weighted by Gasteiger charge is -2.19. The number of thiazole rings is 1. The number of hydrogen-bond acceptors (Lipinski definition) is 5. The van der Waals surface area contributed by atoms with E-state index in [0.29, 0.717) is 17.2 Å². The Labute approximate surface area is 137 Å². The summed E-state index contributed by atoms with van der Waals surface area (Å²) in [5, 5.41) is 1.05. The molecule has 22 heavy (non-hydrogen) atoms. The van der Waals surface area contributed by atoms with Crippen molar-refractivity contribution in [1.29, 1.82) is 0 Å². The molecule has 1 rings (SSSR count). The minimum absolute atomic E-state index is 0.116. The lowest BCUT2D eigenvalue weighted by molar-refractivity contribution is -0.154. The Hall–Kier alpha value is -1.23. The van der Waals surface area contributed by atoms with Gasteiger partial charge in [-0.3, -0.25) is 9.59 Å². The topological polar surface area (TPSA) is 56.3 Å². The fourth-order valence-electron chi connectivity index (χ4n) is 2.28. The molecule has 0 spiro atoms. The predicted molar refractivity (Wildman–Crippen MR) is 89.5 cm³/mol. The zero-order chi connectivity index (χ0) is 16.6. The average Bonchev–Trinajstić information content (AvgIpc) is 2.89. The quantitative estimate of drug-likeness (QED) is 0.374. The second-order valence-electron chi connectivity index (χ2n) is 6.51. The number of carbonyl (C=O) groups excluding carboxylic acids is 2. The summed E-state index contributed by atoms with van der Waals surface area (Å²) in [7, 11) is 0. The molecule has 1 heterocycles. The number of carbonyl (C=O) groups is 2. The Kier molecular flexibility index (Phi) is 7.73. The highest BCUT2D eigenvalue weighted by molar-refractivity contribution is 7.13. The number of hydrogen-bond donors (Lipinski definition) is 0. The number of aldehydes is 1. The van der Waals surface area contributed by atoms with Crippen LogP contribution in [0.15, 0.2) is 6.20 Å².